The molecule has 3 aromatic carbocycles. The van der Waals surface area contributed by atoms with Crippen molar-refractivity contribution in [1.29, 1.82) is 0 Å². The van der Waals surface area contributed by atoms with Crippen LogP contribution in [0, 0.1) is 0 Å². The molecule has 1 aromatic heterocycles. The first kappa shape index (κ1) is 22.8. The summed E-state index contributed by atoms with van der Waals surface area (Å²) in [5.41, 5.74) is 4.94. The zero-order chi connectivity index (χ0) is 23.2. The van der Waals surface area contributed by atoms with Gasteiger partial charge in [-0.2, -0.15) is 0 Å². The number of carbonyl (C=O) groups excluding carboxylic acids is 1. The Morgan fingerprint density at radius 3 is 2.36 bits per heavy atom. The topological polar surface area (TPSA) is 60.5 Å². The zero-order valence-electron chi connectivity index (χ0n) is 18.0. The van der Waals surface area contributed by atoms with E-state index in [2.05, 4.69) is 50.5 Å². The van der Waals surface area contributed by atoms with Crippen LogP contribution >= 0.6 is 27.3 Å². The Labute approximate surface area is 204 Å². The van der Waals surface area contributed by atoms with Crippen LogP contribution in [-0.4, -0.2) is 25.1 Å². The number of benzene rings is 3. The number of amides is 1. The van der Waals surface area contributed by atoms with Gasteiger partial charge in [0.25, 0.3) is 0 Å². The summed E-state index contributed by atoms with van der Waals surface area (Å²) in [6, 6.07) is 22.1. The van der Waals surface area contributed by atoms with E-state index in [0.717, 1.165) is 26.9 Å². The Morgan fingerprint density at radius 2 is 1.67 bits per heavy atom. The van der Waals surface area contributed by atoms with Gasteiger partial charge in [0.15, 0.2) is 16.6 Å². The lowest BCUT2D eigenvalue weighted by Crippen LogP contribution is -2.07. The number of methoxy groups -OCH3 is 2. The quantitative estimate of drug-likeness (QED) is 0.269. The maximum absolute atomic E-state index is 12.4. The minimum atomic E-state index is -0.263. The normalized spacial score (nSPS) is 10.9. The number of hydrogen-bond donors (Lipinski definition) is 1. The van der Waals surface area contributed by atoms with Gasteiger partial charge in [-0.05, 0) is 50.8 Å². The first-order valence-corrected chi connectivity index (χ1v) is 11.8. The first-order valence-electron chi connectivity index (χ1n) is 10.1. The monoisotopic (exact) mass is 520 g/mol. The molecule has 0 radical (unpaired) electrons. The van der Waals surface area contributed by atoms with Crippen molar-refractivity contribution >= 4 is 44.4 Å². The predicted octanol–water partition coefficient (Wildman–Crippen LogP) is 6.91. The Hall–Kier alpha value is -3.42. The van der Waals surface area contributed by atoms with Crippen LogP contribution in [0.5, 0.6) is 11.5 Å². The summed E-state index contributed by atoms with van der Waals surface area (Å²) >= 11 is 4.84. The van der Waals surface area contributed by atoms with E-state index >= 15 is 0 Å². The lowest BCUT2D eigenvalue weighted by atomic mass is 10.0. The Morgan fingerprint density at radius 1 is 0.970 bits per heavy atom. The van der Waals surface area contributed by atoms with Crippen molar-refractivity contribution in [3.8, 4) is 33.9 Å². The van der Waals surface area contributed by atoms with Crippen LogP contribution in [0.2, 0.25) is 0 Å². The van der Waals surface area contributed by atoms with E-state index in [0.29, 0.717) is 16.6 Å². The molecule has 0 atom stereocenters. The van der Waals surface area contributed by atoms with Crippen molar-refractivity contribution in [3.63, 3.8) is 0 Å². The van der Waals surface area contributed by atoms with Gasteiger partial charge < -0.3 is 9.47 Å². The number of rotatable bonds is 7. The van der Waals surface area contributed by atoms with E-state index in [1.807, 2.05) is 41.8 Å². The summed E-state index contributed by atoms with van der Waals surface area (Å²) in [7, 11) is 3.14. The number of thiazole rings is 1. The Kier molecular flexibility index (Phi) is 7.22. The Balaban J connectivity index is 1.42. The highest BCUT2D eigenvalue weighted by atomic mass is 79.9. The highest BCUT2D eigenvalue weighted by Crippen LogP contribution is 2.36. The van der Waals surface area contributed by atoms with Crippen LogP contribution in [0.1, 0.15) is 5.56 Å². The molecule has 0 saturated heterocycles. The molecule has 166 valence electrons. The van der Waals surface area contributed by atoms with Crippen LogP contribution < -0.4 is 14.8 Å². The van der Waals surface area contributed by atoms with Crippen molar-refractivity contribution in [2.24, 2.45) is 0 Å². The number of nitrogens with one attached hydrogen (secondary N) is 1. The number of nitrogens with zero attached hydrogens (tertiary/aromatic N) is 1. The molecule has 4 rings (SSSR count). The fraction of sp³-hybridized carbons (Fsp3) is 0.0769. The zero-order valence-corrected chi connectivity index (χ0v) is 20.4. The minimum Gasteiger partial charge on any atom is -0.493 e. The van der Waals surface area contributed by atoms with Gasteiger partial charge in [0, 0.05) is 17.0 Å². The van der Waals surface area contributed by atoms with Crippen molar-refractivity contribution in [2.75, 3.05) is 19.5 Å². The van der Waals surface area contributed by atoms with Gasteiger partial charge in [-0.3, -0.25) is 10.1 Å². The molecule has 0 fully saturated rings. The smallest absolute Gasteiger partial charge is 0.250 e. The second-order valence-corrected chi connectivity index (χ2v) is 8.75. The molecular weight excluding hydrogens is 500 g/mol. The van der Waals surface area contributed by atoms with E-state index in [1.165, 1.54) is 23.0 Å². The molecule has 5 nitrogen and oxygen atoms in total. The maximum Gasteiger partial charge on any atom is 0.250 e. The Bertz CT molecular complexity index is 1280. The molecule has 0 bridgehead atoms. The van der Waals surface area contributed by atoms with Gasteiger partial charge in [-0.25, -0.2) is 4.98 Å². The van der Waals surface area contributed by atoms with E-state index in [-0.39, 0.29) is 5.91 Å². The number of anilines is 1. The van der Waals surface area contributed by atoms with Gasteiger partial charge in [0.1, 0.15) is 0 Å². The van der Waals surface area contributed by atoms with Gasteiger partial charge in [0.2, 0.25) is 5.91 Å². The van der Waals surface area contributed by atoms with Gasteiger partial charge >= 0.3 is 0 Å². The maximum atomic E-state index is 12.4. The summed E-state index contributed by atoms with van der Waals surface area (Å²) in [5, 5.41) is 5.29. The van der Waals surface area contributed by atoms with E-state index in [1.54, 1.807) is 26.4 Å². The molecule has 7 heteroatoms. The van der Waals surface area contributed by atoms with Gasteiger partial charge in [0.05, 0.1) is 24.4 Å². The van der Waals surface area contributed by atoms with Crippen molar-refractivity contribution in [2.45, 2.75) is 0 Å². The third kappa shape index (κ3) is 5.50. The molecule has 1 N–H and O–H groups in total. The fourth-order valence-corrected chi connectivity index (χ4v) is 4.63. The molecule has 0 unspecified atom stereocenters. The molecule has 1 amide bonds. The lowest BCUT2D eigenvalue weighted by molar-refractivity contribution is -0.111. The first-order chi connectivity index (χ1) is 16.1. The number of hydrogen-bond acceptors (Lipinski definition) is 5. The van der Waals surface area contributed by atoms with E-state index in [9.17, 15) is 4.79 Å². The predicted molar refractivity (Wildman–Crippen MR) is 138 cm³/mol. The molecule has 0 saturated carbocycles. The second kappa shape index (κ2) is 10.5. The SMILES string of the molecule is COc1cc(C=CC(=O)Nc2nc(-c3ccc(-c4ccccc4)cc3)cs2)cc(Br)c1OC. The average Bonchev–Trinajstić information content (AvgIpc) is 3.31. The third-order valence-electron chi connectivity index (χ3n) is 4.91. The second-order valence-electron chi connectivity index (χ2n) is 7.04. The summed E-state index contributed by atoms with van der Waals surface area (Å²) in [6.45, 7) is 0. The highest BCUT2D eigenvalue weighted by Gasteiger charge is 2.10. The molecule has 0 aliphatic carbocycles. The molecule has 1 heterocycles. The van der Waals surface area contributed by atoms with Crippen molar-refractivity contribution in [1.82, 2.24) is 4.98 Å². The molecule has 0 aliphatic heterocycles. The molecule has 0 spiro atoms. The minimum absolute atomic E-state index is 0.263. The van der Waals surface area contributed by atoms with Gasteiger partial charge in [-0.1, -0.05) is 54.6 Å². The summed E-state index contributed by atoms with van der Waals surface area (Å²) in [4.78, 5) is 16.9. The van der Waals surface area contributed by atoms with Crippen LogP contribution in [0.25, 0.3) is 28.5 Å². The van der Waals surface area contributed by atoms with E-state index < -0.39 is 0 Å². The van der Waals surface area contributed by atoms with Crippen molar-refractivity contribution < 1.29 is 14.3 Å². The van der Waals surface area contributed by atoms with Crippen LogP contribution in [0.15, 0.2) is 82.7 Å². The van der Waals surface area contributed by atoms with Crippen LogP contribution in [0.4, 0.5) is 5.13 Å². The number of carbonyl (C=O) groups is 1. The number of ether oxygens (including phenoxy) is 2. The molecule has 4 aromatic rings. The lowest BCUT2D eigenvalue weighted by Gasteiger charge is -2.10. The molecule has 33 heavy (non-hydrogen) atoms. The number of halogens is 1. The van der Waals surface area contributed by atoms with E-state index in [4.69, 9.17) is 9.47 Å². The molecular formula is C26H21BrN2O3S. The average molecular weight is 521 g/mol. The van der Waals surface area contributed by atoms with Crippen molar-refractivity contribution in [3.05, 3.63) is 88.2 Å². The number of aromatic nitrogens is 1. The molecule has 0 aliphatic rings. The standard InChI is InChI=1S/C26H21BrN2O3S/c1-31-23-15-17(14-21(27)25(23)32-2)8-13-24(30)29-26-28-22(16-33-26)20-11-9-19(10-12-20)18-6-4-3-5-7-18/h3-16H,1-2H3,(H,28,29,30). The van der Waals surface area contributed by atoms with Gasteiger partial charge in [-0.15, -0.1) is 11.3 Å². The highest BCUT2D eigenvalue weighted by molar-refractivity contribution is 9.10. The van der Waals surface area contributed by atoms with Crippen LogP contribution in [-0.2, 0) is 4.79 Å². The summed E-state index contributed by atoms with van der Waals surface area (Å²) in [5.74, 6) is 0.919. The third-order valence-corrected chi connectivity index (χ3v) is 6.25. The largest absolute Gasteiger partial charge is 0.493 e. The summed E-state index contributed by atoms with van der Waals surface area (Å²) < 4.78 is 11.4. The fourth-order valence-electron chi connectivity index (χ4n) is 3.28. The van der Waals surface area contributed by atoms with Crippen LogP contribution in [0.3, 0.4) is 0 Å². The summed E-state index contributed by atoms with van der Waals surface area (Å²) in [6.07, 6.45) is 3.17.